The summed E-state index contributed by atoms with van der Waals surface area (Å²) in [5.74, 6) is -1.82. The van der Waals surface area contributed by atoms with Crippen LogP contribution < -0.4 is 0 Å². The van der Waals surface area contributed by atoms with Gasteiger partial charge in [-0.05, 0) is 13.3 Å². The molecule has 1 fully saturated rings. The fourth-order valence-electron chi connectivity index (χ4n) is 2.37. The highest BCUT2D eigenvalue weighted by Gasteiger charge is 2.40. The Labute approximate surface area is 116 Å². The molecule has 0 radical (unpaired) electrons. The lowest BCUT2D eigenvalue weighted by atomic mass is 10.0. The Morgan fingerprint density at radius 1 is 1.50 bits per heavy atom. The third-order valence-electron chi connectivity index (χ3n) is 3.44. The number of carbonyl (C=O) groups excluding carboxylic acids is 1. The van der Waals surface area contributed by atoms with Crippen molar-refractivity contribution in [2.24, 2.45) is 5.92 Å². The average Bonchev–Trinajstić information content (AvgIpc) is 3.03. The summed E-state index contributed by atoms with van der Waals surface area (Å²) in [5.41, 5.74) is 0.641. The van der Waals surface area contributed by atoms with Crippen molar-refractivity contribution in [2.45, 2.75) is 26.3 Å². The van der Waals surface area contributed by atoms with E-state index in [1.165, 1.54) is 11.1 Å². The Kier molecular flexibility index (Phi) is 4.39. The van der Waals surface area contributed by atoms with Gasteiger partial charge in [0.2, 0.25) is 5.76 Å². The third kappa shape index (κ3) is 2.67. The second kappa shape index (κ2) is 6.04. The highest BCUT2D eigenvalue weighted by Crippen LogP contribution is 2.23. The van der Waals surface area contributed by atoms with Gasteiger partial charge in [-0.15, -0.1) is 0 Å². The maximum absolute atomic E-state index is 12.5. The molecular weight excluding hydrogens is 264 g/mol. The smallest absolute Gasteiger partial charge is 0.311 e. The first-order valence-corrected chi connectivity index (χ1v) is 6.59. The molecule has 0 aliphatic carbocycles. The second-order valence-electron chi connectivity index (χ2n) is 4.89. The molecule has 0 aromatic carbocycles. The largest absolute Gasteiger partial charge is 0.481 e. The van der Waals surface area contributed by atoms with E-state index in [9.17, 15) is 14.7 Å². The van der Waals surface area contributed by atoms with Crippen LogP contribution in [0.25, 0.3) is 0 Å². The van der Waals surface area contributed by atoms with Crippen LogP contribution in [0.3, 0.4) is 0 Å². The molecule has 1 saturated heterocycles. The van der Waals surface area contributed by atoms with E-state index >= 15 is 0 Å². The van der Waals surface area contributed by atoms with E-state index < -0.39 is 17.9 Å². The van der Waals surface area contributed by atoms with Gasteiger partial charge in [-0.1, -0.05) is 12.1 Å². The average molecular weight is 282 g/mol. The van der Waals surface area contributed by atoms with Crippen LogP contribution in [0.15, 0.2) is 10.7 Å². The molecular formula is C13H18N2O5. The number of hydrogen-bond acceptors (Lipinski definition) is 5. The monoisotopic (exact) mass is 282 g/mol. The van der Waals surface area contributed by atoms with Crippen LogP contribution in [0.2, 0.25) is 0 Å². The molecule has 2 heterocycles. The lowest BCUT2D eigenvalue weighted by Gasteiger charge is -2.29. The summed E-state index contributed by atoms with van der Waals surface area (Å²) in [7, 11) is 0. The van der Waals surface area contributed by atoms with Gasteiger partial charge < -0.3 is 19.3 Å². The van der Waals surface area contributed by atoms with Crippen LogP contribution >= 0.6 is 0 Å². The van der Waals surface area contributed by atoms with Crippen molar-refractivity contribution in [3.8, 4) is 0 Å². The normalized spacial score (nSPS) is 21.9. The van der Waals surface area contributed by atoms with Gasteiger partial charge in [-0.25, -0.2) is 0 Å². The van der Waals surface area contributed by atoms with E-state index in [0.717, 1.165) is 6.42 Å². The van der Waals surface area contributed by atoms with Crippen molar-refractivity contribution < 1.29 is 24.0 Å². The molecule has 1 aliphatic heterocycles. The number of nitrogens with zero attached hydrogens (tertiary/aromatic N) is 2. The third-order valence-corrected chi connectivity index (χ3v) is 3.44. The molecule has 7 nitrogen and oxygen atoms in total. The molecule has 7 heteroatoms. The van der Waals surface area contributed by atoms with Crippen LogP contribution in [-0.4, -0.2) is 52.8 Å². The standard InChI is InChI=1S/C13H18N2O5/c1-3-4-15(10-7-19-6-9(10)13(17)18)12(16)11-8(2)5-14-20-11/h5,9-10H,3-4,6-7H2,1-2H3,(H,17,18). The lowest BCUT2D eigenvalue weighted by molar-refractivity contribution is -0.142. The first-order chi connectivity index (χ1) is 9.56. The van der Waals surface area contributed by atoms with Crippen molar-refractivity contribution >= 4 is 11.9 Å². The molecule has 0 saturated carbocycles. The summed E-state index contributed by atoms with van der Waals surface area (Å²) in [5, 5.41) is 12.8. The minimum absolute atomic E-state index is 0.128. The van der Waals surface area contributed by atoms with Crippen LogP contribution in [0.1, 0.15) is 29.5 Å². The highest BCUT2D eigenvalue weighted by molar-refractivity contribution is 5.93. The Morgan fingerprint density at radius 3 is 2.80 bits per heavy atom. The number of aromatic nitrogens is 1. The van der Waals surface area contributed by atoms with Crippen LogP contribution in [-0.2, 0) is 9.53 Å². The molecule has 1 aromatic heterocycles. The summed E-state index contributed by atoms with van der Waals surface area (Å²) in [6.45, 7) is 4.47. The van der Waals surface area contributed by atoms with Gasteiger partial charge in [0.25, 0.3) is 5.91 Å². The van der Waals surface area contributed by atoms with Crippen molar-refractivity contribution in [2.75, 3.05) is 19.8 Å². The quantitative estimate of drug-likeness (QED) is 0.863. The van der Waals surface area contributed by atoms with Crippen LogP contribution in [0.4, 0.5) is 0 Å². The number of carbonyl (C=O) groups is 2. The topological polar surface area (TPSA) is 92.9 Å². The first-order valence-electron chi connectivity index (χ1n) is 6.59. The Bertz CT molecular complexity index is 499. The number of rotatable bonds is 5. The minimum Gasteiger partial charge on any atom is -0.481 e. The molecule has 110 valence electrons. The zero-order valence-electron chi connectivity index (χ0n) is 11.5. The number of carboxylic acid groups (broad SMARTS) is 1. The molecule has 1 aromatic rings. The summed E-state index contributed by atoms with van der Waals surface area (Å²) >= 11 is 0. The Hall–Kier alpha value is -1.89. The van der Waals surface area contributed by atoms with Gasteiger partial charge in [-0.2, -0.15) is 0 Å². The van der Waals surface area contributed by atoms with Gasteiger partial charge >= 0.3 is 5.97 Å². The maximum atomic E-state index is 12.5. The summed E-state index contributed by atoms with van der Waals surface area (Å²) in [4.78, 5) is 25.3. The number of carboxylic acids is 1. The van der Waals surface area contributed by atoms with Crippen molar-refractivity contribution in [3.63, 3.8) is 0 Å². The fourth-order valence-corrected chi connectivity index (χ4v) is 2.37. The van der Waals surface area contributed by atoms with E-state index in [1.807, 2.05) is 6.92 Å². The molecule has 0 bridgehead atoms. The first kappa shape index (κ1) is 14.5. The maximum Gasteiger partial charge on any atom is 0.311 e. The number of hydrogen-bond donors (Lipinski definition) is 1. The van der Waals surface area contributed by atoms with E-state index in [4.69, 9.17) is 9.26 Å². The molecule has 1 amide bonds. The molecule has 2 unspecified atom stereocenters. The Morgan fingerprint density at radius 2 is 2.25 bits per heavy atom. The van der Waals surface area contributed by atoms with E-state index in [1.54, 1.807) is 6.92 Å². The predicted molar refractivity (Wildman–Crippen MR) is 68.3 cm³/mol. The Balaban J connectivity index is 2.24. The summed E-state index contributed by atoms with van der Waals surface area (Å²) in [6, 6.07) is -0.468. The van der Waals surface area contributed by atoms with Crippen molar-refractivity contribution in [1.29, 1.82) is 0 Å². The predicted octanol–water partition coefficient (Wildman–Crippen LogP) is 0.935. The van der Waals surface area contributed by atoms with E-state index in [2.05, 4.69) is 5.16 Å². The SMILES string of the molecule is CCCN(C(=O)c1oncc1C)C1COCC1C(=O)O. The molecule has 1 N–H and O–H groups in total. The minimum atomic E-state index is -0.948. The van der Waals surface area contributed by atoms with Crippen molar-refractivity contribution in [3.05, 3.63) is 17.5 Å². The molecule has 1 aliphatic rings. The van der Waals surface area contributed by atoms with Crippen LogP contribution in [0, 0.1) is 12.8 Å². The lowest BCUT2D eigenvalue weighted by Crippen LogP contribution is -2.47. The summed E-state index contributed by atoms with van der Waals surface area (Å²) in [6.07, 6.45) is 2.19. The van der Waals surface area contributed by atoms with E-state index in [0.29, 0.717) is 12.1 Å². The molecule has 20 heavy (non-hydrogen) atoms. The number of amides is 1. The number of aryl methyl sites for hydroxylation is 1. The van der Waals surface area contributed by atoms with Crippen LogP contribution in [0.5, 0.6) is 0 Å². The van der Waals surface area contributed by atoms with Gasteiger partial charge in [0.05, 0.1) is 25.5 Å². The zero-order valence-corrected chi connectivity index (χ0v) is 11.5. The summed E-state index contributed by atoms with van der Waals surface area (Å²) < 4.78 is 10.2. The molecule has 2 atom stereocenters. The zero-order chi connectivity index (χ0) is 14.7. The van der Waals surface area contributed by atoms with Gasteiger partial charge in [0.1, 0.15) is 5.92 Å². The molecule has 0 spiro atoms. The fraction of sp³-hybridized carbons (Fsp3) is 0.615. The number of ether oxygens (including phenoxy) is 1. The second-order valence-corrected chi connectivity index (χ2v) is 4.89. The van der Waals surface area contributed by atoms with Gasteiger partial charge in [-0.3, -0.25) is 9.59 Å². The highest BCUT2D eigenvalue weighted by atomic mass is 16.5. The van der Waals surface area contributed by atoms with Crippen molar-refractivity contribution in [1.82, 2.24) is 10.1 Å². The van der Waals surface area contributed by atoms with Gasteiger partial charge in [0.15, 0.2) is 0 Å². The number of aliphatic carboxylic acids is 1. The van der Waals surface area contributed by atoms with Gasteiger partial charge in [0, 0.05) is 12.1 Å². The molecule has 2 rings (SSSR count). The van der Waals surface area contributed by atoms with E-state index in [-0.39, 0.29) is 24.9 Å².